The fourth-order valence-corrected chi connectivity index (χ4v) is 4.35. The third kappa shape index (κ3) is 17.0. The molecule has 1 rings (SSSR count). The standard InChI is InChI=1S/C24H48N2O3S/c1-2-3-4-5-6-7-8-9-10-11-12-13-14-15-16-17-19-25-21-22-26(24-25)20-18-23-29-30(27)28/h21-22,30H,2-20,23-24H2,1H3. The van der Waals surface area contributed by atoms with E-state index >= 15 is 0 Å². The molecule has 1 heterocycles. The third-order valence-corrected chi connectivity index (χ3v) is 6.33. The van der Waals surface area contributed by atoms with Gasteiger partial charge in [0.2, 0.25) is 0 Å². The second-order valence-electron chi connectivity index (χ2n) is 8.78. The molecule has 1 aliphatic rings. The summed E-state index contributed by atoms with van der Waals surface area (Å²) in [5.41, 5.74) is 0. The Bertz CT molecular complexity index is 475. The Labute approximate surface area is 188 Å². The highest BCUT2D eigenvalue weighted by atomic mass is 32.2. The fraction of sp³-hybridized carbons (Fsp3) is 0.917. The molecule has 0 aromatic rings. The Morgan fingerprint density at radius 1 is 0.633 bits per heavy atom. The lowest BCUT2D eigenvalue weighted by molar-refractivity contribution is 0.240. The predicted molar refractivity (Wildman–Crippen MR) is 128 cm³/mol. The molecule has 0 saturated heterocycles. The van der Waals surface area contributed by atoms with Crippen LogP contribution in [0.5, 0.6) is 0 Å². The van der Waals surface area contributed by atoms with Gasteiger partial charge in [-0.2, -0.15) is 0 Å². The molecule has 0 aliphatic carbocycles. The summed E-state index contributed by atoms with van der Waals surface area (Å²) < 4.78 is 25.3. The van der Waals surface area contributed by atoms with Crippen LogP contribution in [-0.4, -0.2) is 44.6 Å². The molecule has 0 atom stereocenters. The number of hydrogen-bond donors (Lipinski definition) is 1. The van der Waals surface area contributed by atoms with E-state index in [0.717, 1.165) is 26.2 Å². The van der Waals surface area contributed by atoms with Crippen LogP contribution in [0, 0.1) is 0 Å². The summed E-state index contributed by atoms with van der Waals surface area (Å²) in [6.07, 6.45) is 27.5. The average molecular weight is 445 g/mol. The summed E-state index contributed by atoms with van der Waals surface area (Å²) >= 11 is 0. The van der Waals surface area contributed by atoms with Crippen molar-refractivity contribution in [2.75, 3.05) is 26.4 Å². The van der Waals surface area contributed by atoms with Gasteiger partial charge in [-0.05, 0) is 12.8 Å². The van der Waals surface area contributed by atoms with Crippen LogP contribution >= 0.6 is 0 Å². The molecule has 6 heteroatoms. The summed E-state index contributed by atoms with van der Waals surface area (Å²) in [5, 5.41) is 0. The molecule has 0 saturated carbocycles. The van der Waals surface area contributed by atoms with Crippen LogP contribution in [-0.2, 0) is 15.2 Å². The first kappa shape index (κ1) is 27.3. The highest BCUT2D eigenvalue weighted by Crippen LogP contribution is 2.14. The van der Waals surface area contributed by atoms with Gasteiger partial charge in [0.05, 0.1) is 13.3 Å². The van der Waals surface area contributed by atoms with Crippen LogP contribution < -0.4 is 0 Å². The van der Waals surface area contributed by atoms with E-state index in [0.29, 0.717) is 0 Å². The zero-order chi connectivity index (χ0) is 21.7. The molecule has 0 spiro atoms. The lowest BCUT2D eigenvalue weighted by atomic mass is 10.0. The number of nitrogens with zero attached hydrogens (tertiary/aromatic N) is 2. The summed E-state index contributed by atoms with van der Waals surface area (Å²) in [4.78, 5) is 4.56. The summed E-state index contributed by atoms with van der Waals surface area (Å²) in [5.74, 6) is 0. The Morgan fingerprint density at radius 3 is 1.47 bits per heavy atom. The van der Waals surface area contributed by atoms with Gasteiger partial charge >= 0.3 is 0 Å². The van der Waals surface area contributed by atoms with Gasteiger partial charge in [0, 0.05) is 25.5 Å². The lowest BCUT2D eigenvalue weighted by Crippen LogP contribution is -2.27. The monoisotopic (exact) mass is 444 g/mol. The Balaban J connectivity index is 1.76. The van der Waals surface area contributed by atoms with Crippen LogP contribution in [0.25, 0.3) is 0 Å². The van der Waals surface area contributed by atoms with Crippen molar-refractivity contribution in [3.05, 3.63) is 12.4 Å². The van der Waals surface area contributed by atoms with Gasteiger partial charge in [0.15, 0.2) is 0 Å². The summed E-state index contributed by atoms with van der Waals surface area (Å²) in [6.45, 7) is 5.45. The molecule has 0 radical (unpaired) electrons. The number of thiol groups is 1. The zero-order valence-corrected chi connectivity index (χ0v) is 20.5. The van der Waals surface area contributed by atoms with Gasteiger partial charge in [-0.1, -0.05) is 103 Å². The van der Waals surface area contributed by atoms with Crippen molar-refractivity contribution in [2.45, 2.75) is 116 Å². The average Bonchev–Trinajstić information content (AvgIpc) is 3.18. The van der Waals surface area contributed by atoms with Crippen LogP contribution in [0.4, 0.5) is 0 Å². The largest absolute Gasteiger partial charge is 0.359 e. The second kappa shape index (κ2) is 20.2. The first-order valence-electron chi connectivity index (χ1n) is 12.7. The van der Waals surface area contributed by atoms with Crippen molar-refractivity contribution in [3.63, 3.8) is 0 Å². The highest BCUT2D eigenvalue weighted by molar-refractivity contribution is 7.67. The van der Waals surface area contributed by atoms with Gasteiger partial charge < -0.3 is 9.80 Å². The quantitative estimate of drug-likeness (QED) is 0.158. The van der Waals surface area contributed by atoms with E-state index in [4.69, 9.17) is 0 Å². The molecular weight excluding hydrogens is 396 g/mol. The molecule has 0 aromatic carbocycles. The Hall–Kier alpha value is -0.750. The summed E-state index contributed by atoms with van der Waals surface area (Å²) in [7, 11) is -2.70. The van der Waals surface area contributed by atoms with Gasteiger partial charge in [-0.25, -0.2) is 8.42 Å². The maximum atomic E-state index is 10.4. The number of hydrogen-bond acceptors (Lipinski definition) is 5. The molecule has 5 nitrogen and oxygen atoms in total. The van der Waals surface area contributed by atoms with E-state index in [1.54, 1.807) is 0 Å². The molecule has 0 aromatic heterocycles. The molecular formula is C24H48N2O3S. The predicted octanol–water partition coefficient (Wildman–Crippen LogP) is 6.23. The van der Waals surface area contributed by atoms with Crippen molar-refractivity contribution >= 4 is 11.0 Å². The SMILES string of the molecule is CCCCCCCCCCCCCCCCCCN1C=CN(CCCO[SH](=O)=O)C1. The summed E-state index contributed by atoms with van der Waals surface area (Å²) in [6, 6.07) is 0. The maximum Gasteiger partial charge on any atom is 0.257 e. The van der Waals surface area contributed by atoms with Gasteiger partial charge in [-0.3, -0.25) is 4.18 Å². The van der Waals surface area contributed by atoms with Crippen molar-refractivity contribution in [2.24, 2.45) is 0 Å². The van der Waals surface area contributed by atoms with E-state index in [1.807, 2.05) is 0 Å². The van der Waals surface area contributed by atoms with E-state index in [2.05, 4.69) is 33.3 Å². The van der Waals surface area contributed by atoms with Crippen molar-refractivity contribution < 1.29 is 12.6 Å². The molecule has 178 valence electrons. The minimum Gasteiger partial charge on any atom is -0.359 e. The van der Waals surface area contributed by atoms with Crippen LogP contribution in [0.3, 0.4) is 0 Å². The second-order valence-corrected chi connectivity index (χ2v) is 9.48. The maximum absolute atomic E-state index is 10.4. The number of unbranched alkanes of at least 4 members (excludes halogenated alkanes) is 15. The van der Waals surface area contributed by atoms with Gasteiger partial charge in [0.1, 0.15) is 0 Å². The minimum atomic E-state index is -2.70. The van der Waals surface area contributed by atoms with Crippen LogP contribution in [0.1, 0.15) is 116 Å². The molecule has 1 aliphatic heterocycles. The van der Waals surface area contributed by atoms with Crippen molar-refractivity contribution in [3.8, 4) is 0 Å². The molecule has 0 unspecified atom stereocenters. The number of rotatable bonds is 22. The van der Waals surface area contributed by atoms with E-state index in [-0.39, 0.29) is 6.61 Å². The molecule has 0 amide bonds. The topological polar surface area (TPSA) is 49.9 Å². The van der Waals surface area contributed by atoms with Gasteiger partial charge in [0.25, 0.3) is 11.0 Å². The molecule has 0 fully saturated rings. The molecule has 0 N–H and O–H groups in total. The molecule has 30 heavy (non-hydrogen) atoms. The first-order chi connectivity index (χ1) is 14.7. The van der Waals surface area contributed by atoms with E-state index in [1.165, 1.54) is 103 Å². The minimum absolute atomic E-state index is 0.280. The zero-order valence-electron chi connectivity index (χ0n) is 19.6. The Kier molecular flexibility index (Phi) is 18.3. The van der Waals surface area contributed by atoms with Gasteiger partial charge in [-0.15, -0.1) is 0 Å². The van der Waals surface area contributed by atoms with Crippen molar-refractivity contribution in [1.29, 1.82) is 0 Å². The smallest absolute Gasteiger partial charge is 0.257 e. The lowest BCUT2D eigenvalue weighted by Gasteiger charge is -2.21. The van der Waals surface area contributed by atoms with Crippen molar-refractivity contribution in [1.82, 2.24) is 9.80 Å². The van der Waals surface area contributed by atoms with Crippen LogP contribution in [0.15, 0.2) is 12.4 Å². The van der Waals surface area contributed by atoms with Crippen LogP contribution in [0.2, 0.25) is 0 Å². The first-order valence-corrected chi connectivity index (χ1v) is 13.8. The third-order valence-electron chi connectivity index (χ3n) is 5.94. The fourth-order valence-electron chi connectivity index (χ4n) is 4.08. The molecule has 0 bridgehead atoms. The van der Waals surface area contributed by atoms with E-state index in [9.17, 15) is 8.42 Å². The highest BCUT2D eigenvalue weighted by Gasteiger charge is 2.11. The van der Waals surface area contributed by atoms with E-state index < -0.39 is 11.0 Å². The Morgan fingerprint density at radius 2 is 1.03 bits per heavy atom. The normalized spacial score (nSPS) is 13.8.